The molecule has 2 aliphatic carbocycles. The first-order valence-corrected chi connectivity index (χ1v) is 14.7. The molecule has 10 heteroatoms. The van der Waals surface area contributed by atoms with Gasteiger partial charge in [-0.25, -0.2) is 9.67 Å². The van der Waals surface area contributed by atoms with Crippen LogP contribution in [-0.4, -0.2) is 30.3 Å². The summed E-state index contributed by atoms with van der Waals surface area (Å²) in [6, 6.07) is 11.1. The quantitative estimate of drug-likeness (QED) is 0.235. The fraction of sp³-hybridized carbons (Fsp3) is 0.258. The monoisotopic (exact) mass is 600 g/mol. The molecule has 204 valence electrons. The molecule has 7 nitrogen and oxygen atoms in total. The van der Waals surface area contributed by atoms with Gasteiger partial charge >= 0.3 is 0 Å². The summed E-state index contributed by atoms with van der Waals surface area (Å²) < 4.78 is 3.40. The Morgan fingerprint density at radius 1 is 1.00 bits per heavy atom. The summed E-state index contributed by atoms with van der Waals surface area (Å²) in [5.74, 6) is 1.34. The lowest BCUT2D eigenvalue weighted by molar-refractivity contribution is 0.576. The number of fused-ring (bicyclic) bond motifs is 4. The molecule has 4 aromatic rings. The minimum atomic E-state index is -0.106. The molecule has 2 aromatic carbocycles. The Bertz CT molecular complexity index is 1940. The fourth-order valence-corrected chi connectivity index (χ4v) is 7.41. The maximum absolute atomic E-state index is 13.7. The number of rotatable bonds is 4. The van der Waals surface area contributed by atoms with E-state index in [-0.39, 0.29) is 22.7 Å². The van der Waals surface area contributed by atoms with E-state index < -0.39 is 0 Å². The van der Waals surface area contributed by atoms with E-state index in [2.05, 4.69) is 29.0 Å². The summed E-state index contributed by atoms with van der Waals surface area (Å²) in [4.78, 5) is 23.6. The SMILES string of the molecule is C=C1CCc2c(ccc(C3=CN=C(C4C5CC5c5nc(-c6cc(Cl)ccc6-n6cc(Cl)nn6)cc(=O)n54)C3)c2Cl)C1. The maximum Gasteiger partial charge on any atom is 0.254 e. The Morgan fingerprint density at radius 3 is 2.71 bits per heavy atom. The van der Waals surface area contributed by atoms with Crippen molar-refractivity contribution in [2.24, 2.45) is 10.9 Å². The number of aliphatic imine (C=N–C) groups is 1. The first kappa shape index (κ1) is 25.2. The molecule has 0 radical (unpaired) electrons. The summed E-state index contributed by atoms with van der Waals surface area (Å²) in [5, 5.41) is 9.60. The molecule has 4 heterocycles. The van der Waals surface area contributed by atoms with Crippen molar-refractivity contribution in [3.8, 4) is 16.9 Å². The summed E-state index contributed by atoms with van der Waals surface area (Å²) in [6.07, 6.45) is 7.96. The van der Waals surface area contributed by atoms with E-state index in [1.54, 1.807) is 29.1 Å². The molecule has 0 spiro atoms. The Morgan fingerprint density at radius 2 is 1.88 bits per heavy atom. The van der Waals surface area contributed by atoms with E-state index in [0.29, 0.717) is 34.3 Å². The van der Waals surface area contributed by atoms with Crippen molar-refractivity contribution in [2.75, 3.05) is 0 Å². The van der Waals surface area contributed by atoms with Crippen LogP contribution in [0.1, 0.15) is 53.7 Å². The van der Waals surface area contributed by atoms with Gasteiger partial charge in [-0.05, 0) is 72.1 Å². The van der Waals surface area contributed by atoms with Gasteiger partial charge in [-0.2, -0.15) is 0 Å². The zero-order valence-corrected chi connectivity index (χ0v) is 24.1. The van der Waals surface area contributed by atoms with Crippen molar-refractivity contribution in [3.05, 3.63) is 109 Å². The lowest BCUT2D eigenvalue weighted by atomic mass is 9.86. The van der Waals surface area contributed by atoms with E-state index in [0.717, 1.165) is 53.4 Å². The highest BCUT2D eigenvalue weighted by atomic mass is 35.5. The number of hydrogen-bond acceptors (Lipinski definition) is 5. The molecule has 2 aliphatic heterocycles. The van der Waals surface area contributed by atoms with Crippen LogP contribution < -0.4 is 5.56 Å². The van der Waals surface area contributed by atoms with Gasteiger partial charge < -0.3 is 0 Å². The smallest absolute Gasteiger partial charge is 0.254 e. The van der Waals surface area contributed by atoms with E-state index >= 15 is 0 Å². The first-order chi connectivity index (χ1) is 19.9. The van der Waals surface area contributed by atoms with E-state index in [1.165, 1.54) is 16.7 Å². The minimum Gasteiger partial charge on any atom is -0.287 e. The highest BCUT2D eigenvalue weighted by Crippen LogP contribution is 2.59. The number of allylic oxidation sites excluding steroid dienone is 2. The van der Waals surface area contributed by atoms with Crippen molar-refractivity contribution in [1.29, 1.82) is 0 Å². The third-order valence-corrected chi connectivity index (χ3v) is 9.58. The molecule has 4 aliphatic rings. The Hall–Kier alpha value is -3.52. The van der Waals surface area contributed by atoms with Gasteiger partial charge in [0.1, 0.15) is 5.82 Å². The van der Waals surface area contributed by atoms with Gasteiger partial charge in [0.25, 0.3) is 5.56 Å². The average molecular weight is 602 g/mol. The maximum atomic E-state index is 13.7. The van der Waals surface area contributed by atoms with Crippen molar-refractivity contribution >= 4 is 46.1 Å². The van der Waals surface area contributed by atoms with Crippen LogP contribution in [0.25, 0.3) is 22.5 Å². The van der Waals surface area contributed by atoms with Crippen LogP contribution in [0.15, 0.2) is 70.7 Å². The van der Waals surface area contributed by atoms with Crippen LogP contribution in [0.3, 0.4) is 0 Å². The number of nitrogens with zero attached hydrogens (tertiary/aromatic N) is 6. The molecule has 8 rings (SSSR count). The van der Waals surface area contributed by atoms with E-state index in [4.69, 9.17) is 44.8 Å². The van der Waals surface area contributed by atoms with Crippen LogP contribution in [-0.2, 0) is 12.8 Å². The van der Waals surface area contributed by atoms with Gasteiger partial charge in [0.05, 0.1) is 28.6 Å². The largest absolute Gasteiger partial charge is 0.287 e. The van der Waals surface area contributed by atoms with Crippen molar-refractivity contribution < 1.29 is 0 Å². The second-order valence-electron chi connectivity index (χ2n) is 11.2. The summed E-state index contributed by atoms with van der Waals surface area (Å²) in [5.41, 5.74) is 8.68. The zero-order chi connectivity index (χ0) is 28.0. The normalized spacial score (nSPS) is 22.2. The molecule has 3 atom stereocenters. The molecule has 2 aromatic heterocycles. The molecular weight excluding hydrogens is 579 g/mol. The molecule has 1 saturated carbocycles. The first-order valence-electron chi connectivity index (χ1n) is 13.6. The van der Waals surface area contributed by atoms with E-state index in [9.17, 15) is 4.79 Å². The van der Waals surface area contributed by atoms with Gasteiger partial charge in [0.2, 0.25) is 0 Å². The second kappa shape index (κ2) is 9.24. The number of hydrogen-bond donors (Lipinski definition) is 0. The lowest BCUT2D eigenvalue weighted by Gasteiger charge is -2.22. The molecule has 1 fully saturated rings. The Kier molecular flexibility index (Phi) is 5.68. The molecule has 0 bridgehead atoms. The van der Waals surface area contributed by atoms with E-state index in [1.807, 2.05) is 16.8 Å². The fourth-order valence-electron chi connectivity index (χ4n) is 6.71. The number of benzene rings is 2. The Balaban J connectivity index is 1.12. The summed E-state index contributed by atoms with van der Waals surface area (Å²) in [7, 11) is 0. The third-order valence-electron chi connectivity index (χ3n) is 8.74. The van der Waals surface area contributed by atoms with Crippen molar-refractivity contribution in [3.63, 3.8) is 0 Å². The molecule has 3 unspecified atom stereocenters. The number of halogens is 3. The Labute approximate surface area is 250 Å². The van der Waals surface area contributed by atoms with Gasteiger partial charge in [0, 0.05) is 40.9 Å². The standard InChI is InChI=1S/C31H23Cl3N6O/c1-15-2-5-19-16(8-15)3-6-20(29(19)34)17-9-25(35-13-17)30-21-11-22(21)31-36-24(12-28(41)40(30)31)23-10-18(32)4-7-26(23)39-14-27(33)37-38-39/h3-4,6-7,10,12-14,21-22,30H,1-2,5,8-9,11H2. The molecular formula is C31H23Cl3N6O. The third kappa shape index (κ3) is 4.05. The average Bonchev–Trinajstić information content (AvgIpc) is 3.24. The van der Waals surface area contributed by atoms with Crippen LogP contribution in [0.2, 0.25) is 15.2 Å². The summed E-state index contributed by atoms with van der Waals surface area (Å²) >= 11 is 19.3. The van der Waals surface area contributed by atoms with Gasteiger partial charge in [0.15, 0.2) is 5.15 Å². The topological polar surface area (TPSA) is 78.0 Å². The highest BCUT2D eigenvalue weighted by Gasteiger charge is 2.55. The molecule has 0 saturated heterocycles. The highest BCUT2D eigenvalue weighted by molar-refractivity contribution is 6.33. The van der Waals surface area contributed by atoms with Gasteiger partial charge in [-0.1, -0.05) is 64.3 Å². The molecule has 41 heavy (non-hydrogen) atoms. The van der Waals surface area contributed by atoms with Crippen LogP contribution in [0, 0.1) is 5.92 Å². The van der Waals surface area contributed by atoms with Crippen molar-refractivity contribution in [2.45, 2.75) is 44.1 Å². The van der Waals surface area contributed by atoms with Gasteiger partial charge in [-0.15, -0.1) is 5.10 Å². The number of aromatic nitrogens is 5. The van der Waals surface area contributed by atoms with Crippen LogP contribution >= 0.6 is 34.8 Å². The predicted molar refractivity (Wildman–Crippen MR) is 161 cm³/mol. The van der Waals surface area contributed by atoms with Crippen LogP contribution in [0.5, 0.6) is 0 Å². The van der Waals surface area contributed by atoms with Crippen LogP contribution in [0.4, 0.5) is 0 Å². The lowest BCUT2D eigenvalue weighted by Crippen LogP contribution is -2.30. The van der Waals surface area contributed by atoms with Crippen molar-refractivity contribution in [1.82, 2.24) is 24.5 Å². The minimum absolute atomic E-state index is 0.104. The summed E-state index contributed by atoms with van der Waals surface area (Å²) in [6.45, 7) is 4.16. The predicted octanol–water partition coefficient (Wildman–Crippen LogP) is 7.04. The molecule has 0 N–H and O–H groups in total. The molecule has 0 amide bonds. The van der Waals surface area contributed by atoms with Gasteiger partial charge in [-0.3, -0.25) is 14.4 Å². The second-order valence-corrected chi connectivity index (χ2v) is 12.5. The zero-order valence-electron chi connectivity index (χ0n) is 21.8.